The van der Waals surface area contributed by atoms with E-state index in [9.17, 15) is 25.9 Å². The molecule has 2 heterocycles. The Balaban J connectivity index is 0.000000443. The summed E-state index contributed by atoms with van der Waals surface area (Å²) in [5.41, 5.74) is 0. The van der Waals surface area contributed by atoms with Crippen LogP contribution in [0.25, 0.3) is 0 Å². The monoisotopic (exact) mass is 411 g/mol. The third-order valence-corrected chi connectivity index (χ3v) is 4.89. The van der Waals surface area contributed by atoms with Crippen molar-refractivity contribution in [1.29, 1.82) is 0 Å². The molecule has 0 aromatic heterocycles. The Bertz CT molecular complexity index is 495. The van der Waals surface area contributed by atoms with Gasteiger partial charge in [0, 0.05) is 39.3 Å². The molecule has 25 heavy (non-hydrogen) atoms. The summed E-state index contributed by atoms with van der Waals surface area (Å²) in [5.74, 6) is -0.597. The summed E-state index contributed by atoms with van der Waals surface area (Å²) >= 11 is 0. The van der Waals surface area contributed by atoms with E-state index in [1.165, 1.54) is 0 Å². The van der Waals surface area contributed by atoms with Gasteiger partial charge in [0.1, 0.15) is 0 Å². The molecule has 0 bridgehead atoms. The van der Waals surface area contributed by atoms with Crippen LogP contribution in [0.15, 0.2) is 0 Å². The number of ether oxygens (including phenoxy) is 2. The molecule has 2 aliphatic rings. The zero-order valence-corrected chi connectivity index (χ0v) is 18.1. The fourth-order valence-electron chi connectivity index (χ4n) is 2.13. The van der Waals surface area contributed by atoms with E-state index in [1.54, 1.807) is 0 Å². The van der Waals surface area contributed by atoms with Gasteiger partial charge < -0.3 is 18.6 Å². The van der Waals surface area contributed by atoms with Gasteiger partial charge in [0.15, 0.2) is 0 Å². The van der Waals surface area contributed by atoms with Crippen molar-refractivity contribution in [3.05, 3.63) is 0 Å². The SMILES string of the molecule is O=S(=O)([O-])CCN1CCOCC1.O=S(=O)([O-])CCN1CCOCC1.[Na+]. The Morgan fingerprint density at radius 1 is 0.680 bits per heavy atom. The standard InChI is InChI=1S/2C6H13NO4S.Na/c2*8-12(9,10)6-3-7-1-4-11-5-2-7;/h2*1-6H2,(H,8,9,10);/q;;+1/p-2. The van der Waals surface area contributed by atoms with Gasteiger partial charge in [-0.3, -0.25) is 9.80 Å². The van der Waals surface area contributed by atoms with E-state index in [-0.39, 0.29) is 41.1 Å². The molecule has 144 valence electrons. The summed E-state index contributed by atoms with van der Waals surface area (Å²) in [5, 5.41) is 0. The van der Waals surface area contributed by atoms with Crippen LogP contribution in [-0.4, -0.2) is 113 Å². The summed E-state index contributed by atoms with van der Waals surface area (Å²) < 4.78 is 71.7. The largest absolute Gasteiger partial charge is 1.00 e. The normalized spacial score (nSPS) is 20.2. The van der Waals surface area contributed by atoms with E-state index in [1.807, 2.05) is 9.80 Å². The van der Waals surface area contributed by atoms with Crippen molar-refractivity contribution in [3.8, 4) is 0 Å². The summed E-state index contributed by atoms with van der Waals surface area (Å²) in [4.78, 5) is 3.83. The maximum Gasteiger partial charge on any atom is 1.00 e. The first-order valence-corrected chi connectivity index (χ1v) is 10.8. The van der Waals surface area contributed by atoms with Crippen LogP contribution in [0, 0.1) is 0 Å². The quantitative estimate of drug-likeness (QED) is 0.308. The van der Waals surface area contributed by atoms with Crippen LogP contribution in [0.4, 0.5) is 0 Å². The molecule has 13 heteroatoms. The first-order valence-electron chi connectivity index (χ1n) is 7.63. The molecule has 0 aliphatic carbocycles. The minimum absolute atomic E-state index is 0. The zero-order valence-electron chi connectivity index (χ0n) is 14.5. The van der Waals surface area contributed by atoms with Gasteiger partial charge in [-0.2, -0.15) is 0 Å². The van der Waals surface area contributed by atoms with Crippen LogP contribution >= 0.6 is 0 Å². The zero-order chi connectivity index (χ0) is 18.1. The molecule has 10 nitrogen and oxygen atoms in total. The van der Waals surface area contributed by atoms with Crippen molar-refractivity contribution in [2.24, 2.45) is 0 Å². The molecule has 2 aliphatic heterocycles. The minimum Gasteiger partial charge on any atom is -0.748 e. The Hall–Kier alpha value is 0.660. The first kappa shape index (κ1) is 25.7. The molecule has 0 unspecified atom stereocenters. The number of rotatable bonds is 6. The van der Waals surface area contributed by atoms with Crippen LogP contribution < -0.4 is 29.6 Å². The Morgan fingerprint density at radius 2 is 0.960 bits per heavy atom. The first-order chi connectivity index (χ1) is 11.2. The molecule has 2 rings (SSSR count). The summed E-state index contributed by atoms with van der Waals surface area (Å²) in [7, 11) is -8.11. The van der Waals surface area contributed by atoms with E-state index in [0.29, 0.717) is 39.5 Å². The summed E-state index contributed by atoms with van der Waals surface area (Å²) in [6.45, 7) is 6.02. The molecule has 2 fully saturated rings. The van der Waals surface area contributed by atoms with E-state index in [0.717, 1.165) is 26.2 Å². The van der Waals surface area contributed by atoms with E-state index in [4.69, 9.17) is 9.47 Å². The molecule has 2 saturated heterocycles. The fraction of sp³-hybridized carbons (Fsp3) is 1.00. The van der Waals surface area contributed by atoms with Gasteiger partial charge in [-0.25, -0.2) is 16.8 Å². The second-order valence-electron chi connectivity index (χ2n) is 5.43. The van der Waals surface area contributed by atoms with E-state index >= 15 is 0 Å². The van der Waals surface area contributed by atoms with Crippen LogP contribution in [0.3, 0.4) is 0 Å². The van der Waals surface area contributed by atoms with Gasteiger partial charge in [0.25, 0.3) is 0 Å². The van der Waals surface area contributed by atoms with Gasteiger partial charge in [-0.1, -0.05) is 0 Å². The Kier molecular flexibility index (Phi) is 13.3. The molecular formula is C12H24N2NaO8S2-. The number of hydrogen-bond donors (Lipinski definition) is 0. The van der Waals surface area contributed by atoms with Crippen LogP contribution in [0.2, 0.25) is 0 Å². The number of hydrogen-bond acceptors (Lipinski definition) is 10. The van der Waals surface area contributed by atoms with Crippen molar-refractivity contribution in [2.45, 2.75) is 0 Å². The number of morpholine rings is 2. The molecule has 0 amide bonds. The van der Waals surface area contributed by atoms with Crippen molar-refractivity contribution in [1.82, 2.24) is 9.80 Å². The second kappa shape index (κ2) is 12.9. The Morgan fingerprint density at radius 3 is 1.20 bits per heavy atom. The average molecular weight is 411 g/mol. The van der Waals surface area contributed by atoms with Crippen molar-refractivity contribution in [3.63, 3.8) is 0 Å². The van der Waals surface area contributed by atoms with Gasteiger partial charge >= 0.3 is 29.6 Å². The van der Waals surface area contributed by atoms with Gasteiger partial charge in [0.2, 0.25) is 0 Å². The topological polar surface area (TPSA) is 139 Å². The summed E-state index contributed by atoms with van der Waals surface area (Å²) in [6, 6.07) is 0. The van der Waals surface area contributed by atoms with Crippen LogP contribution in [0.5, 0.6) is 0 Å². The third-order valence-electron chi connectivity index (χ3n) is 3.52. The molecular weight excluding hydrogens is 387 g/mol. The third kappa shape index (κ3) is 15.4. The van der Waals surface area contributed by atoms with Crippen LogP contribution in [-0.2, 0) is 29.7 Å². The van der Waals surface area contributed by atoms with Crippen molar-refractivity contribution >= 4 is 20.2 Å². The molecule has 0 aromatic rings. The maximum atomic E-state index is 10.3. The molecule has 0 saturated carbocycles. The predicted octanol–water partition coefficient (Wildman–Crippen LogP) is -5.27. The summed E-state index contributed by atoms with van der Waals surface area (Å²) in [6.07, 6.45) is 0. The predicted molar refractivity (Wildman–Crippen MR) is 83.6 cm³/mol. The molecule has 0 N–H and O–H groups in total. The van der Waals surface area contributed by atoms with Crippen molar-refractivity contribution < 1.29 is 65.0 Å². The minimum atomic E-state index is -4.06. The van der Waals surface area contributed by atoms with Gasteiger partial charge in [0.05, 0.1) is 58.2 Å². The van der Waals surface area contributed by atoms with Gasteiger partial charge in [-0.05, 0) is 0 Å². The maximum absolute atomic E-state index is 10.3. The van der Waals surface area contributed by atoms with E-state index < -0.39 is 20.2 Å². The molecule has 0 atom stereocenters. The fourth-order valence-corrected chi connectivity index (χ4v) is 3.09. The van der Waals surface area contributed by atoms with Crippen LogP contribution in [0.1, 0.15) is 0 Å². The average Bonchev–Trinajstić information content (AvgIpc) is 2.52. The Labute approximate surface area is 171 Å². The molecule has 0 spiro atoms. The van der Waals surface area contributed by atoms with E-state index in [2.05, 4.69) is 0 Å². The molecule has 0 aromatic carbocycles. The van der Waals surface area contributed by atoms with Crippen molar-refractivity contribution in [2.75, 3.05) is 77.2 Å². The van der Waals surface area contributed by atoms with Gasteiger partial charge in [-0.15, -0.1) is 0 Å². The number of nitrogens with zero attached hydrogens (tertiary/aromatic N) is 2. The smallest absolute Gasteiger partial charge is 0.748 e. The molecule has 0 radical (unpaired) electrons. The second-order valence-corrected chi connectivity index (χ2v) is 8.48.